The summed E-state index contributed by atoms with van der Waals surface area (Å²) in [6.45, 7) is 4.14. The van der Waals surface area contributed by atoms with Gasteiger partial charge in [-0.2, -0.15) is 11.3 Å². The Labute approximate surface area is 161 Å². The fourth-order valence-electron chi connectivity index (χ4n) is 3.13. The standard InChI is InChI=1S/C19H21N5O2S/c25-18(4-3-17-21-22-19(26-17)16-5-11-27-14-16)24-9-7-23(8-10-24)13-15-2-1-6-20-12-15/h1-2,5-6,11-12,14H,3-4,7-10,13H2. The zero-order chi connectivity index (χ0) is 18.5. The SMILES string of the molecule is O=C(CCc1nnc(-c2ccsc2)o1)N1CCN(Cc2cccnc2)CC1. The Hall–Kier alpha value is -2.58. The second-order valence-corrected chi connectivity index (χ2v) is 7.31. The maximum absolute atomic E-state index is 12.5. The summed E-state index contributed by atoms with van der Waals surface area (Å²) in [6.07, 6.45) is 4.55. The lowest BCUT2D eigenvalue weighted by Gasteiger charge is -2.34. The molecule has 0 radical (unpaired) electrons. The molecule has 27 heavy (non-hydrogen) atoms. The van der Waals surface area contributed by atoms with Crippen LogP contribution in [-0.2, 0) is 17.8 Å². The number of aromatic nitrogens is 3. The van der Waals surface area contributed by atoms with Crippen LogP contribution < -0.4 is 0 Å². The molecule has 1 aliphatic heterocycles. The number of hydrogen-bond acceptors (Lipinski definition) is 7. The van der Waals surface area contributed by atoms with Crippen molar-refractivity contribution in [3.05, 3.63) is 52.8 Å². The monoisotopic (exact) mass is 383 g/mol. The summed E-state index contributed by atoms with van der Waals surface area (Å²) >= 11 is 1.59. The minimum atomic E-state index is 0.145. The van der Waals surface area contributed by atoms with Gasteiger partial charge in [0.1, 0.15) is 0 Å². The summed E-state index contributed by atoms with van der Waals surface area (Å²) in [7, 11) is 0. The van der Waals surface area contributed by atoms with Gasteiger partial charge in [-0.1, -0.05) is 6.07 Å². The van der Waals surface area contributed by atoms with Crippen LogP contribution in [0.25, 0.3) is 11.5 Å². The number of rotatable bonds is 6. The number of piperazine rings is 1. The van der Waals surface area contributed by atoms with Gasteiger partial charge >= 0.3 is 0 Å². The molecule has 4 heterocycles. The third kappa shape index (κ3) is 4.58. The van der Waals surface area contributed by atoms with Gasteiger partial charge in [-0.15, -0.1) is 10.2 Å². The van der Waals surface area contributed by atoms with Gasteiger partial charge < -0.3 is 9.32 Å². The lowest BCUT2D eigenvalue weighted by molar-refractivity contribution is -0.133. The summed E-state index contributed by atoms with van der Waals surface area (Å²) in [4.78, 5) is 20.9. The van der Waals surface area contributed by atoms with E-state index in [-0.39, 0.29) is 5.91 Å². The van der Waals surface area contributed by atoms with Crippen LogP contribution in [0.1, 0.15) is 17.9 Å². The quantitative estimate of drug-likeness (QED) is 0.651. The van der Waals surface area contributed by atoms with Gasteiger partial charge in [-0.3, -0.25) is 14.7 Å². The normalized spacial score (nSPS) is 15.2. The Morgan fingerprint density at radius 1 is 1.19 bits per heavy atom. The zero-order valence-electron chi connectivity index (χ0n) is 15.0. The van der Waals surface area contributed by atoms with Crippen molar-refractivity contribution in [2.24, 2.45) is 0 Å². The molecule has 8 heteroatoms. The van der Waals surface area contributed by atoms with Crippen LogP contribution in [0.15, 0.2) is 45.8 Å². The van der Waals surface area contributed by atoms with Crippen molar-refractivity contribution < 1.29 is 9.21 Å². The van der Waals surface area contributed by atoms with Gasteiger partial charge in [-0.05, 0) is 23.1 Å². The van der Waals surface area contributed by atoms with E-state index >= 15 is 0 Å². The third-order valence-corrected chi connectivity index (χ3v) is 5.32. The molecule has 0 aromatic carbocycles. The highest BCUT2D eigenvalue weighted by Crippen LogP contribution is 2.21. The molecule has 1 amide bonds. The van der Waals surface area contributed by atoms with Gasteiger partial charge in [0.15, 0.2) is 0 Å². The molecular formula is C19H21N5O2S. The fraction of sp³-hybridized carbons (Fsp3) is 0.368. The molecule has 3 aromatic heterocycles. The minimum Gasteiger partial charge on any atom is -0.421 e. The number of aryl methyl sites for hydroxylation is 1. The summed E-state index contributed by atoms with van der Waals surface area (Å²) < 4.78 is 5.65. The van der Waals surface area contributed by atoms with Crippen LogP contribution in [0.3, 0.4) is 0 Å². The van der Waals surface area contributed by atoms with Crippen molar-refractivity contribution in [2.75, 3.05) is 26.2 Å². The van der Waals surface area contributed by atoms with Crippen LogP contribution in [0.4, 0.5) is 0 Å². The molecule has 0 atom stereocenters. The van der Waals surface area contributed by atoms with Gasteiger partial charge in [0.05, 0.1) is 0 Å². The fourth-order valence-corrected chi connectivity index (χ4v) is 3.76. The Bertz CT molecular complexity index is 857. The van der Waals surface area contributed by atoms with Crippen LogP contribution in [0, 0.1) is 0 Å². The lowest BCUT2D eigenvalue weighted by atomic mass is 10.2. The van der Waals surface area contributed by atoms with Crippen molar-refractivity contribution in [1.29, 1.82) is 0 Å². The molecule has 0 saturated carbocycles. The molecule has 0 spiro atoms. The van der Waals surface area contributed by atoms with Crippen LogP contribution in [0.5, 0.6) is 0 Å². The number of hydrogen-bond donors (Lipinski definition) is 0. The molecule has 1 saturated heterocycles. The molecule has 1 fully saturated rings. The van der Waals surface area contributed by atoms with Gasteiger partial charge in [0, 0.05) is 68.9 Å². The topological polar surface area (TPSA) is 75.4 Å². The van der Waals surface area contributed by atoms with Crippen LogP contribution >= 0.6 is 11.3 Å². The highest BCUT2D eigenvalue weighted by molar-refractivity contribution is 7.08. The summed E-state index contributed by atoms with van der Waals surface area (Å²) in [5, 5.41) is 12.0. The Morgan fingerprint density at radius 3 is 2.81 bits per heavy atom. The van der Waals surface area contributed by atoms with Gasteiger partial charge in [-0.25, -0.2) is 0 Å². The molecule has 0 aliphatic carbocycles. The van der Waals surface area contributed by atoms with Crippen molar-refractivity contribution in [3.8, 4) is 11.5 Å². The van der Waals surface area contributed by atoms with E-state index in [0.717, 1.165) is 38.3 Å². The molecule has 0 N–H and O–H groups in total. The molecule has 140 valence electrons. The summed E-state index contributed by atoms with van der Waals surface area (Å²) in [5.41, 5.74) is 2.13. The summed E-state index contributed by atoms with van der Waals surface area (Å²) in [5.74, 6) is 1.17. The molecular weight excluding hydrogens is 362 g/mol. The number of amides is 1. The number of thiophene rings is 1. The Morgan fingerprint density at radius 2 is 2.07 bits per heavy atom. The minimum absolute atomic E-state index is 0.145. The first kappa shape index (κ1) is 17.8. The molecule has 4 rings (SSSR count). The Kier molecular flexibility index (Phi) is 5.55. The number of carbonyl (C=O) groups excluding carboxylic acids is 1. The number of pyridine rings is 1. The maximum atomic E-state index is 12.5. The van der Waals surface area contributed by atoms with E-state index < -0.39 is 0 Å². The largest absolute Gasteiger partial charge is 0.421 e. The van der Waals surface area contributed by atoms with Crippen molar-refractivity contribution in [1.82, 2.24) is 25.0 Å². The molecule has 1 aliphatic rings. The first-order chi connectivity index (χ1) is 13.3. The molecule has 3 aromatic rings. The predicted octanol–water partition coefficient (Wildman–Crippen LogP) is 2.47. The third-order valence-electron chi connectivity index (χ3n) is 4.64. The first-order valence-electron chi connectivity index (χ1n) is 9.02. The highest BCUT2D eigenvalue weighted by Gasteiger charge is 2.21. The van der Waals surface area contributed by atoms with E-state index in [4.69, 9.17) is 4.42 Å². The molecule has 0 unspecified atom stereocenters. The van der Waals surface area contributed by atoms with Crippen molar-refractivity contribution in [3.63, 3.8) is 0 Å². The summed E-state index contributed by atoms with van der Waals surface area (Å²) in [6, 6.07) is 5.98. The van der Waals surface area contributed by atoms with E-state index in [1.54, 1.807) is 17.5 Å². The van der Waals surface area contributed by atoms with E-state index in [9.17, 15) is 4.79 Å². The van der Waals surface area contributed by atoms with Crippen LogP contribution in [0.2, 0.25) is 0 Å². The lowest BCUT2D eigenvalue weighted by Crippen LogP contribution is -2.48. The zero-order valence-corrected chi connectivity index (χ0v) is 15.8. The van der Waals surface area contributed by atoms with Crippen molar-refractivity contribution in [2.45, 2.75) is 19.4 Å². The second-order valence-electron chi connectivity index (χ2n) is 6.53. The van der Waals surface area contributed by atoms with Gasteiger partial charge in [0.25, 0.3) is 0 Å². The highest BCUT2D eigenvalue weighted by atomic mass is 32.1. The van der Waals surface area contributed by atoms with E-state index in [2.05, 4.69) is 26.1 Å². The molecule has 7 nitrogen and oxygen atoms in total. The van der Waals surface area contributed by atoms with Crippen molar-refractivity contribution >= 4 is 17.2 Å². The Balaban J connectivity index is 1.23. The number of nitrogens with zero attached hydrogens (tertiary/aromatic N) is 5. The second kappa shape index (κ2) is 8.41. The van der Waals surface area contributed by atoms with Crippen LogP contribution in [-0.4, -0.2) is 57.1 Å². The predicted molar refractivity (Wildman–Crippen MR) is 102 cm³/mol. The van der Waals surface area contributed by atoms with E-state index in [0.29, 0.717) is 24.6 Å². The average Bonchev–Trinajstić information content (AvgIpc) is 3.39. The smallest absolute Gasteiger partial charge is 0.248 e. The van der Waals surface area contributed by atoms with E-state index in [1.807, 2.05) is 34.0 Å². The van der Waals surface area contributed by atoms with Gasteiger partial charge in [0.2, 0.25) is 17.7 Å². The molecule has 0 bridgehead atoms. The maximum Gasteiger partial charge on any atom is 0.248 e. The first-order valence-corrected chi connectivity index (χ1v) is 9.96. The number of carbonyl (C=O) groups is 1. The van der Waals surface area contributed by atoms with E-state index in [1.165, 1.54) is 5.56 Å². The average molecular weight is 383 g/mol.